The van der Waals surface area contributed by atoms with Gasteiger partial charge in [0, 0.05) is 19.6 Å². The molecule has 1 atom stereocenters. The first-order chi connectivity index (χ1) is 14.4. The number of nitrogens with zero attached hydrogens (tertiary/aromatic N) is 1. The number of aliphatic hydroxyl groups excluding tert-OH is 1. The fraction of sp³-hybridized carbons (Fsp3) is 0.400. The van der Waals surface area contributed by atoms with Gasteiger partial charge in [0.05, 0.1) is 0 Å². The Balaban J connectivity index is 2.15. The summed E-state index contributed by atoms with van der Waals surface area (Å²) >= 11 is 0. The van der Waals surface area contributed by atoms with Gasteiger partial charge in [-0.3, -0.25) is 4.90 Å². The van der Waals surface area contributed by atoms with E-state index in [0.29, 0.717) is 5.56 Å². The SMILES string of the molecule is OC(CN(CCc1cccc(F)c1)Cc1cccc(OC(F)(F)C(F)F)c1)C(F)(F)F. The van der Waals surface area contributed by atoms with Crippen LogP contribution in [0.1, 0.15) is 11.1 Å². The Kier molecular flexibility index (Phi) is 8.24. The smallest absolute Gasteiger partial charge is 0.428 e. The standard InChI is InChI=1S/C20H19F8NO2/c21-15-5-1-3-13(9-15)7-8-29(12-17(30)19(24,25)26)11-14-4-2-6-16(10-14)31-20(27,28)18(22)23/h1-6,9-10,17-18,30H,7-8,11-12H2. The van der Waals surface area contributed by atoms with Gasteiger partial charge < -0.3 is 9.84 Å². The van der Waals surface area contributed by atoms with E-state index < -0.39 is 42.9 Å². The Morgan fingerprint density at radius 2 is 1.58 bits per heavy atom. The molecular weight excluding hydrogens is 438 g/mol. The van der Waals surface area contributed by atoms with Gasteiger partial charge in [0.25, 0.3) is 0 Å². The van der Waals surface area contributed by atoms with Crippen LogP contribution >= 0.6 is 0 Å². The minimum Gasteiger partial charge on any atom is -0.428 e. The summed E-state index contributed by atoms with van der Waals surface area (Å²) in [5.41, 5.74) is 0.691. The lowest BCUT2D eigenvalue weighted by Crippen LogP contribution is -2.41. The van der Waals surface area contributed by atoms with E-state index in [-0.39, 0.29) is 25.1 Å². The molecule has 1 unspecified atom stereocenters. The molecule has 3 nitrogen and oxygen atoms in total. The zero-order valence-corrected chi connectivity index (χ0v) is 15.9. The summed E-state index contributed by atoms with van der Waals surface area (Å²) in [6, 6.07) is 10.0. The third-order valence-electron chi connectivity index (χ3n) is 4.23. The van der Waals surface area contributed by atoms with Crippen LogP contribution in [0, 0.1) is 5.82 Å². The van der Waals surface area contributed by atoms with Crippen LogP contribution in [0.2, 0.25) is 0 Å². The lowest BCUT2D eigenvalue weighted by atomic mass is 10.1. The van der Waals surface area contributed by atoms with Gasteiger partial charge in [0.1, 0.15) is 11.6 Å². The molecule has 0 radical (unpaired) electrons. The molecule has 31 heavy (non-hydrogen) atoms. The van der Waals surface area contributed by atoms with Gasteiger partial charge in [-0.05, 0) is 41.8 Å². The largest absolute Gasteiger partial charge is 0.461 e. The second kappa shape index (κ2) is 10.3. The number of ether oxygens (including phenoxy) is 1. The van der Waals surface area contributed by atoms with Crippen LogP contribution in [0.25, 0.3) is 0 Å². The number of rotatable bonds is 10. The molecule has 2 aromatic carbocycles. The van der Waals surface area contributed by atoms with E-state index in [0.717, 1.165) is 12.1 Å². The minimum absolute atomic E-state index is 0.0329. The molecule has 0 aliphatic heterocycles. The van der Waals surface area contributed by atoms with Crippen LogP contribution in [0.4, 0.5) is 35.1 Å². The summed E-state index contributed by atoms with van der Waals surface area (Å²) in [7, 11) is 0. The molecule has 0 amide bonds. The molecule has 2 aromatic rings. The Bertz CT molecular complexity index is 844. The van der Waals surface area contributed by atoms with Crippen molar-refractivity contribution in [1.29, 1.82) is 0 Å². The highest BCUT2D eigenvalue weighted by Crippen LogP contribution is 2.28. The molecule has 0 saturated carbocycles. The topological polar surface area (TPSA) is 32.7 Å². The van der Waals surface area contributed by atoms with Crippen molar-refractivity contribution in [3.8, 4) is 5.75 Å². The fourth-order valence-electron chi connectivity index (χ4n) is 2.73. The molecule has 0 heterocycles. The van der Waals surface area contributed by atoms with Gasteiger partial charge in [-0.25, -0.2) is 4.39 Å². The number of halogens is 8. The molecule has 0 saturated heterocycles. The van der Waals surface area contributed by atoms with Crippen molar-refractivity contribution < 1.29 is 45.0 Å². The van der Waals surface area contributed by atoms with Gasteiger partial charge in [-0.15, -0.1) is 0 Å². The molecule has 0 bridgehead atoms. The Labute approximate surface area is 172 Å². The van der Waals surface area contributed by atoms with Crippen molar-refractivity contribution in [3.05, 3.63) is 65.5 Å². The van der Waals surface area contributed by atoms with Crippen molar-refractivity contribution in [1.82, 2.24) is 4.90 Å². The average Bonchev–Trinajstić information content (AvgIpc) is 2.65. The van der Waals surface area contributed by atoms with E-state index >= 15 is 0 Å². The van der Waals surface area contributed by atoms with E-state index in [1.165, 1.54) is 35.2 Å². The Morgan fingerprint density at radius 3 is 2.19 bits per heavy atom. The monoisotopic (exact) mass is 457 g/mol. The van der Waals surface area contributed by atoms with Crippen LogP contribution in [-0.2, 0) is 13.0 Å². The molecule has 2 rings (SSSR count). The highest BCUT2D eigenvalue weighted by atomic mass is 19.4. The molecule has 1 N–H and O–H groups in total. The summed E-state index contributed by atoms with van der Waals surface area (Å²) in [4.78, 5) is 1.19. The Hall–Kier alpha value is -2.40. The van der Waals surface area contributed by atoms with Gasteiger partial charge >= 0.3 is 18.7 Å². The van der Waals surface area contributed by atoms with Crippen LogP contribution in [0.15, 0.2) is 48.5 Å². The van der Waals surface area contributed by atoms with Gasteiger partial charge in [0.15, 0.2) is 6.10 Å². The average molecular weight is 457 g/mol. The third-order valence-corrected chi connectivity index (χ3v) is 4.23. The molecule has 0 fully saturated rings. The molecule has 0 aliphatic carbocycles. The highest BCUT2D eigenvalue weighted by Gasteiger charge is 2.44. The first kappa shape index (κ1) is 24.9. The van der Waals surface area contributed by atoms with Crippen molar-refractivity contribution >= 4 is 0 Å². The van der Waals surface area contributed by atoms with Crippen LogP contribution < -0.4 is 4.74 Å². The van der Waals surface area contributed by atoms with E-state index in [1.54, 1.807) is 6.07 Å². The molecule has 0 spiro atoms. The van der Waals surface area contributed by atoms with Gasteiger partial charge in [-0.1, -0.05) is 24.3 Å². The van der Waals surface area contributed by atoms with Crippen LogP contribution in [-0.4, -0.2) is 47.9 Å². The first-order valence-corrected chi connectivity index (χ1v) is 9.02. The second-order valence-electron chi connectivity index (χ2n) is 6.78. The van der Waals surface area contributed by atoms with E-state index in [9.17, 15) is 40.2 Å². The lowest BCUT2D eigenvalue weighted by Gasteiger charge is -2.26. The minimum atomic E-state index is -4.89. The van der Waals surface area contributed by atoms with Gasteiger partial charge in [0.2, 0.25) is 0 Å². The maximum absolute atomic E-state index is 13.3. The Morgan fingerprint density at radius 1 is 0.935 bits per heavy atom. The predicted molar refractivity (Wildman–Crippen MR) is 95.5 cm³/mol. The zero-order chi connectivity index (χ0) is 23.2. The molecule has 11 heteroatoms. The third kappa shape index (κ3) is 7.98. The number of hydrogen-bond acceptors (Lipinski definition) is 3. The van der Waals surface area contributed by atoms with Gasteiger partial charge in [-0.2, -0.15) is 30.7 Å². The van der Waals surface area contributed by atoms with E-state index in [1.807, 2.05) is 0 Å². The molecule has 0 aromatic heterocycles. The van der Waals surface area contributed by atoms with Crippen molar-refractivity contribution in [2.24, 2.45) is 0 Å². The lowest BCUT2D eigenvalue weighted by molar-refractivity contribution is -0.253. The summed E-state index contributed by atoms with van der Waals surface area (Å²) in [6.07, 6.45) is -16.2. The second-order valence-corrected chi connectivity index (χ2v) is 6.78. The molecule has 0 aliphatic rings. The van der Waals surface area contributed by atoms with E-state index in [4.69, 9.17) is 0 Å². The van der Waals surface area contributed by atoms with E-state index in [2.05, 4.69) is 4.74 Å². The van der Waals surface area contributed by atoms with Crippen LogP contribution in [0.3, 0.4) is 0 Å². The van der Waals surface area contributed by atoms with Crippen molar-refractivity contribution in [2.45, 2.75) is 37.8 Å². The normalized spacial score (nSPS) is 13.6. The zero-order valence-electron chi connectivity index (χ0n) is 15.9. The molecule has 172 valence electrons. The highest BCUT2D eigenvalue weighted by molar-refractivity contribution is 5.29. The summed E-state index contributed by atoms with van der Waals surface area (Å²) in [6.45, 7) is -1.11. The van der Waals surface area contributed by atoms with Crippen LogP contribution in [0.5, 0.6) is 5.75 Å². The number of hydrogen-bond donors (Lipinski definition) is 1. The van der Waals surface area contributed by atoms with Crippen molar-refractivity contribution in [2.75, 3.05) is 13.1 Å². The summed E-state index contributed by atoms with van der Waals surface area (Å²) in [5.74, 6) is -1.12. The maximum atomic E-state index is 13.3. The molecular formula is C20H19F8NO2. The quantitative estimate of drug-likeness (QED) is 0.508. The maximum Gasteiger partial charge on any atom is 0.461 e. The summed E-state index contributed by atoms with van der Waals surface area (Å²) < 4.78 is 106. The number of alkyl halides is 7. The summed E-state index contributed by atoms with van der Waals surface area (Å²) in [5, 5.41) is 9.41. The number of benzene rings is 2. The fourth-order valence-corrected chi connectivity index (χ4v) is 2.73. The number of aliphatic hydroxyl groups is 1. The predicted octanol–water partition coefficient (Wildman–Crippen LogP) is 5.03. The van der Waals surface area contributed by atoms with Crippen molar-refractivity contribution in [3.63, 3.8) is 0 Å². The first-order valence-electron chi connectivity index (χ1n) is 9.02.